The van der Waals surface area contributed by atoms with E-state index in [0.29, 0.717) is 39.9 Å². The molecule has 4 N–H and O–H groups in total. The molecule has 9 heteroatoms. The van der Waals surface area contributed by atoms with Crippen LogP contribution in [-0.4, -0.2) is 34.1 Å². The smallest absolute Gasteiger partial charge is 0.159 e. The molecule has 5 heterocycles. The van der Waals surface area contributed by atoms with E-state index in [-0.39, 0.29) is 0 Å². The lowest BCUT2D eigenvalue weighted by Gasteiger charge is -2.16. The molecule has 44 heavy (non-hydrogen) atoms. The zero-order chi connectivity index (χ0) is 29.6. The van der Waals surface area contributed by atoms with E-state index in [2.05, 4.69) is 9.55 Å². The summed E-state index contributed by atoms with van der Waals surface area (Å²) in [5, 5.41) is 0.884. The monoisotopic (exact) mass is 571 g/mol. The number of pyridine rings is 1. The van der Waals surface area contributed by atoms with Gasteiger partial charge in [-0.05, 0) is 18.2 Å². The van der Waals surface area contributed by atoms with Crippen molar-refractivity contribution in [2.24, 2.45) is 0 Å². The van der Waals surface area contributed by atoms with Crippen molar-refractivity contribution in [1.82, 2.24) is 34.1 Å². The zero-order valence-electron chi connectivity index (χ0n) is 23.4. The summed E-state index contributed by atoms with van der Waals surface area (Å²) in [5.74, 6) is 1.26. The van der Waals surface area contributed by atoms with Crippen molar-refractivity contribution >= 4 is 33.3 Å². The lowest BCUT2D eigenvalue weighted by atomic mass is 10.2. The van der Waals surface area contributed by atoms with E-state index in [9.17, 15) is 0 Å². The minimum atomic E-state index is 0.491. The van der Waals surface area contributed by atoms with Gasteiger partial charge >= 0.3 is 0 Å². The summed E-state index contributed by atoms with van der Waals surface area (Å²) in [6.07, 6.45) is 8.95. The highest BCUT2D eigenvalue weighted by atomic mass is 15.1. The van der Waals surface area contributed by atoms with Crippen LogP contribution in [0.15, 0.2) is 128 Å². The molecule has 210 valence electrons. The first-order valence-electron chi connectivity index (χ1n) is 14.1. The third-order valence-corrected chi connectivity index (χ3v) is 7.76. The van der Waals surface area contributed by atoms with Crippen LogP contribution in [0.5, 0.6) is 0 Å². The number of nitrogens with zero attached hydrogens (tertiary/aromatic N) is 7. The Labute approximate surface area is 252 Å². The maximum atomic E-state index is 6.99. The number of fused-ring (bicyclic) bond motifs is 2. The molecular formula is C35H25N9. The summed E-state index contributed by atoms with van der Waals surface area (Å²) in [5.41, 5.74) is 22.1. The number of anilines is 2. The van der Waals surface area contributed by atoms with Gasteiger partial charge in [-0.3, -0.25) is 4.98 Å². The molecule has 0 bridgehead atoms. The van der Waals surface area contributed by atoms with Crippen LogP contribution in [0.1, 0.15) is 0 Å². The van der Waals surface area contributed by atoms with Crippen LogP contribution in [0.3, 0.4) is 0 Å². The molecular weight excluding hydrogens is 546 g/mol. The molecule has 3 aromatic carbocycles. The normalized spacial score (nSPS) is 11.4. The SMILES string of the molecule is Nc1c(-c2c(N)c3ncccc3n2-c2cnc(-c3ccccc3)nc2)n(-c2cnc(-c3ccccc3)nc2)c2ccccc12. The third kappa shape index (κ3) is 3.98. The van der Waals surface area contributed by atoms with Crippen LogP contribution >= 0.6 is 0 Å². The second kappa shape index (κ2) is 10.2. The van der Waals surface area contributed by atoms with Gasteiger partial charge in [0.05, 0.1) is 70.0 Å². The first-order valence-corrected chi connectivity index (χ1v) is 14.1. The molecule has 0 radical (unpaired) electrons. The van der Waals surface area contributed by atoms with Crippen molar-refractivity contribution in [3.05, 3.63) is 128 Å². The van der Waals surface area contributed by atoms with Gasteiger partial charge in [-0.2, -0.15) is 0 Å². The van der Waals surface area contributed by atoms with Crippen LogP contribution in [0, 0.1) is 0 Å². The quantitative estimate of drug-likeness (QED) is 0.235. The fraction of sp³-hybridized carbons (Fsp3) is 0. The van der Waals surface area contributed by atoms with E-state index in [1.165, 1.54) is 0 Å². The fourth-order valence-electron chi connectivity index (χ4n) is 5.75. The molecule has 0 amide bonds. The Hall–Kier alpha value is -6.35. The molecule has 0 atom stereocenters. The third-order valence-electron chi connectivity index (χ3n) is 7.76. The summed E-state index contributed by atoms with van der Waals surface area (Å²) in [7, 11) is 0. The Morgan fingerprint density at radius 1 is 0.455 bits per heavy atom. The molecule has 8 rings (SSSR count). The number of benzene rings is 3. The van der Waals surface area contributed by atoms with Gasteiger partial charge in [0, 0.05) is 22.7 Å². The highest BCUT2D eigenvalue weighted by molar-refractivity contribution is 6.08. The number of hydrogen-bond donors (Lipinski definition) is 2. The molecule has 0 aliphatic rings. The maximum Gasteiger partial charge on any atom is 0.159 e. The number of nitrogen functional groups attached to an aromatic ring is 2. The molecule has 0 aliphatic heterocycles. The Morgan fingerprint density at radius 3 is 1.52 bits per heavy atom. The lowest BCUT2D eigenvalue weighted by molar-refractivity contribution is 1.02. The predicted molar refractivity (Wildman–Crippen MR) is 174 cm³/mol. The maximum absolute atomic E-state index is 6.99. The van der Waals surface area contributed by atoms with Gasteiger partial charge in [0.15, 0.2) is 11.6 Å². The summed E-state index contributed by atoms with van der Waals surface area (Å²) in [4.78, 5) is 23.5. The fourth-order valence-corrected chi connectivity index (χ4v) is 5.75. The van der Waals surface area contributed by atoms with Gasteiger partial charge in [0.1, 0.15) is 5.52 Å². The van der Waals surface area contributed by atoms with Crippen molar-refractivity contribution in [2.75, 3.05) is 11.5 Å². The van der Waals surface area contributed by atoms with E-state index < -0.39 is 0 Å². The number of para-hydroxylation sites is 1. The molecule has 0 saturated carbocycles. The lowest BCUT2D eigenvalue weighted by Crippen LogP contribution is -2.07. The second-order valence-corrected chi connectivity index (χ2v) is 10.3. The van der Waals surface area contributed by atoms with Crippen molar-refractivity contribution in [3.8, 4) is 45.5 Å². The standard InChI is InChI=1S/C35H25N9/c36-29-26-14-7-8-15-27(26)43(24-18-39-34(40-19-24)22-10-3-1-4-11-22)32(29)33-30(37)31-28(16-9-17-38-31)44(33)25-20-41-35(42-21-25)23-12-5-2-6-13-23/h1-21H,36-37H2. The van der Waals surface area contributed by atoms with Crippen LogP contribution in [0.2, 0.25) is 0 Å². The Morgan fingerprint density at radius 2 is 0.932 bits per heavy atom. The number of nitrogens with two attached hydrogens (primary N) is 2. The van der Waals surface area contributed by atoms with Gasteiger partial charge in [-0.1, -0.05) is 78.9 Å². The van der Waals surface area contributed by atoms with Gasteiger partial charge in [0.2, 0.25) is 0 Å². The summed E-state index contributed by atoms with van der Waals surface area (Å²) < 4.78 is 4.08. The average molecular weight is 572 g/mol. The summed E-state index contributed by atoms with van der Waals surface area (Å²) >= 11 is 0. The highest BCUT2D eigenvalue weighted by Crippen LogP contribution is 2.44. The van der Waals surface area contributed by atoms with Crippen LogP contribution in [0.4, 0.5) is 11.4 Å². The zero-order valence-corrected chi connectivity index (χ0v) is 23.4. The molecule has 0 aliphatic carbocycles. The molecule has 0 spiro atoms. The Kier molecular flexibility index (Phi) is 5.87. The molecule has 0 unspecified atom stereocenters. The van der Waals surface area contributed by atoms with E-state index in [1.807, 2.05) is 114 Å². The van der Waals surface area contributed by atoms with Crippen LogP contribution in [-0.2, 0) is 0 Å². The molecule has 8 aromatic rings. The summed E-state index contributed by atoms with van der Waals surface area (Å²) in [6.45, 7) is 0. The topological polar surface area (TPSA) is 126 Å². The number of rotatable bonds is 5. The van der Waals surface area contributed by atoms with E-state index in [0.717, 1.165) is 38.9 Å². The number of hydrogen-bond acceptors (Lipinski definition) is 7. The van der Waals surface area contributed by atoms with Gasteiger partial charge in [-0.25, -0.2) is 19.9 Å². The first-order chi connectivity index (χ1) is 21.7. The van der Waals surface area contributed by atoms with E-state index in [4.69, 9.17) is 31.4 Å². The Balaban J connectivity index is 1.38. The molecule has 0 saturated heterocycles. The minimum Gasteiger partial charge on any atom is -0.396 e. The molecule has 9 nitrogen and oxygen atoms in total. The van der Waals surface area contributed by atoms with Gasteiger partial charge in [-0.15, -0.1) is 0 Å². The van der Waals surface area contributed by atoms with Crippen LogP contribution < -0.4 is 11.5 Å². The van der Waals surface area contributed by atoms with Gasteiger partial charge < -0.3 is 20.6 Å². The van der Waals surface area contributed by atoms with Crippen molar-refractivity contribution < 1.29 is 0 Å². The van der Waals surface area contributed by atoms with Crippen molar-refractivity contribution in [1.29, 1.82) is 0 Å². The van der Waals surface area contributed by atoms with Gasteiger partial charge in [0.25, 0.3) is 0 Å². The van der Waals surface area contributed by atoms with Crippen molar-refractivity contribution in [3.63, 3.8) is 0 Å². The average Bonchev–Trinajstić information content (AvgIpc) is 3.55. The molecule has 5 aromatic heterocycles. The Bertz CT molecular complexity index is 2110. The predicted octanol–water partition coefficient (Wildman–Crippen LogP) is 6.71. The highest BCUT2D eigenvalue weighted by Gasteiger charge is 2.27. The minimum absolute atomic E-state index is 0.491. The van der Waals surface area contributed by atoms with E-state index >= 15 is 0 Å². The van der Waals surface area contributed by atoms with E-state index in [1.54, 1.807) is 18.6 Å². The molecule has 0 fully saturated rings. The largest absolute Gasteiger partial charge is 0.396 e. The first kappa shape index (κ1) is 25.4. The van der Waals surface area contributed by atoms with Crippen molar-refractivity contribution in [2.45, 2.75) is 0 Å². The number of aromatic nitrogens is 7. The summed E-state index contributed by atoms with van der Waals surface area (Å²) in [6, 6.07) is 31.6. The van der Waals surface area contributed by atoms with Crippen LogP contribution in [0.25, 0.3) is 67.5 Å². The second-order valence-electron chi connectivity index (χ2n) is 10.3.